The fourth-order valence-electron chi connectivity index (χ4n) is 2.10. The molecule has 1 saturated heterocycles. The Bertz CT molecular complexity index is 396. The predicted octanol–water partition coefficient (Wildman–Crippen LogP) is 1.52. The van der Waals surface area contributed by atoms with Gasteiger partial charge < -0.3 is 10.6 Å². The number of carbonyl (C=O) groups is 1. The molecule has 4 nitrogen and oxygen atoms in total. The molecule has 2 rings (SSSR count). The lowest BCUT2D eigenvalue weighted by atomic mass is 10.0. The highest BCUT2D eigenvalue weighted by molar-refractivity contribution is 7.11. The monoisotopic (exact) mass is 253 g/mol. The summed E-state index contributed by atoms with van der Waals surface area (Å²) in [6.45, 7) is 5.54. The van der Waals surface area contributed by atoms with Crippen LogP contribution < -0.4 is 10.6 Å². The summed E-state index contributed by atoms with van der Waals surface area (Å²) in [4.78, 5) is 17.4. The van der Waals surface area contributed by atoms with Crippen molar-refractivity contribution in [2.75, 3.05) is 6.54 Å². The summed E-state index contributed by atoms with van der Waals surface area (Å²) < 4.78 is 0. The Morgan fingerprint density at radius 2 is 2.35 bits per heavy atom. The van der Waals surface area contributed by atoms with Crippen LogP contribution in [0.25, 0.3) is 0 Å². The second-order valence-electron chi connectivity index (χ2n) is 4.46. The van der Waals surface area contributed by atoms with Crippen molar-refractivity contribution in [1.29, 1.82) is 0 Å². The molecule has 5 heteroatoms. The predicted molar refractivity (Wildman–Crippen MR) is 69.1 cm³/mol. The summed E-state index contributed by atoms with van der Waals surface area (Å²) in [5, 5.41) is 7.30. The van der Waals surface area contributed by atoms with Gasteiger partial charge in [0.1, 0.15) is 0 Å². The third-order valence-electron chi connectivity index (χ3n) is 3.05. The normalized spacial score (nSPS) is 20.2. The zero-order chi connectivity index (χ0) is 12.3. The fraction of sp³-hybridized carbons (Fsp3) is 0.667. The number of hydrogen-bond acceptors (Lipinski definition) is 4. The van der Waals surface area contributed by atoms with E-state index < -0.39 is 0 Å². The average Bonchev–Trinajstić information content (AvgIpc) is 2.66. The van der Waals surface area contributed by atoms with Crippen LogP contribution >= 0.6 is 11.3 Å². The molecule has 1 atom stereocenters. The van der Waals surface area contributed by atoms with Crippen LogP contribution in [-0.4, -0.2) is 23.5 Å². The van der Waals surface area contributed by atoms with Crippen molar-refractivity contribution >= 4 is 17.2 Å². The minimum absolute atomic E-state index is 0.00178. The lowest BCUT2D eigenvalue weighted by Gasteiger charge is -2.22. The molecule has 0 aromatic carbocycles. The number of amides is 1. The van der Waals surface area contributed by atoms with Crippen molar-refractivity contribution in [1.82, 2.24) is 15.6 Å². The van der Waals surface area contributed by atoms with E-state index in [0.717, 1.165) is 35.0 Å². The van der Waals surface area contributed by atoms with Crippen LogP contribution in [0.4, 0.5) is 0 Å². The van der Waals surface area contributed by atoms with Gasteiger partial charge in [-0.3, -0.25) is 4.79 Å². The summed E-state index contributed by atoms with van der Waals surface area (Å²) in [6.07, 6.45) is 3.27. The van der Waals surface area contributed by atoms with Crippen LogP contribution in [0.3, 0.4) is 0 Å². The van der Waals surface area contributed by atoms with Crippen LogP contribution in [0.2, 0.25) is 0 Å². The molecule has 2 heterocycles. The van der Waals surface area contributed by atoms with Gasteiger partial charge in [0.05, 0.1) is 23.3 Å². The van der Waals surface area contributed by atoms with Crippen molar-refractivity contribution < 1.29 is 4.79 Å². The van der Waals surface area contributed by atoms with Crippen molar-refractivity contribution in [3.05, 3.63) is 15.6 Å². The molecule has 1 unspecified atom stereocenters. The number of hydrogen-bond donors (Lipinski definition) is 2. The van der Waals surface area contributed by atoms with E-state index in [2.05, 4.69) is 15.6 Å². The SMILES string of the molecule is Cc1nc(C)c(CNC(=O)C2CCCCN2)s1. The van der Waals surface area contributed by atoms with Gasteiger partial charge in [0.2, 0.25) is 5.91 Å². The maximum atomic E-state index is 11.9. The molecule has 0 saturated carbocycles. The van der Waals surface area contributed by atoms with Crippen molar-refractivity contribution in [2.24, 2.45) is 0 Å². The molecular weight excluding hydrogens is 234 g/mol. The number of aryl methyl sites for hydroxylation is 2. The van der Waals surface area contributed by atoms with Crippen LogP contribution in [0.1, 0.15) is 34.8 Å². The first kappa shape index (κ1) is 12.5. The summed E-state index contributed by atoms with van der Waals surface area (Å²) in [5.41, 5.74) is 1.03. The molecule has 1 aromatic heterocycles. The van der Waals surface area contributed by atoms with Crippen LogP contribution in [0.5, 0.6) is 0 Å². The van der Waals surface area contributed by atoms with E-state index in [9.17, 15) is 4.79 Å². The third kappa shape index (κ3) is 3.26. The van der Waals surface area contributed by atoms with E-state index >= 15 is 0 Å². The highest BCUT2D eigenvalue weighted by atomic mass is 32.1. The third-order valence-corrected chi connectivity index (χ3v) is 4.12. The Balaban J connectivity index is 1.85. The zero-order valence-electron chi connectivity index (χ0n) is 10.4. The van der Waals surface area contributed by atoms with Gasteiger partial charge in [0.15, 0.2) is 0 Å². The quantitative estimate of drug-likeness (QED) is 0.858. The van der Waals surface area contributed by atoms with Gasteiger partial charge in [0, 0.05) is 4.88 Å². The number of rotatable bonds is 3. The van der Waals surface area contributed by atoms with E-state index in [0.29, 0.717) is 6.54 Å². The minimum atomic E-state index is -0.00178. The van der Waals surface area contributed by atoms with E-state index in [1.807, 2.05) is 13.8 Å². The van der Waals surface area contributed by atoms with Crippen molar-refractivity contribution in [2.45, 2.75) is 45.7 Å². The van der Waals surface area contributed by atoms with Gasteiger partial charge in [-0.2, -0.15) is 0 Å². The molecule has 0 spiro atoms. The van der Waals surface area contributed by atoms with Crippen LogP contribution in [0.15, 0.2) is 0 Å². The Morgan fingerprint density at radius 1 is 1.53 bits per heavy atom. The molecule has 94 valence electrons. The number of thiazole rings is 1. The number of carbonyl (C=O) groups excluding carboxylic acids is 1. The maximum Gasteiger partial charge on any atom is 0.237 e. The molecule has 17 heavy (non-hydrogen) atoms. The maximum absolute atomic E-state index is 11.9. The summed E-state index contributed by atoms with van der Waals surface area (Å²) in [7, 11) is 0. The van der Waals surface area contributed by atoms with Gasteiger partial charge in [-0.05, 0) is 33.2 Å². The van der Waals surface area contributed by atoms with Gasteiger partial charge >= 0.3 is 0 Å². The number of nitrogens with one attached hydrogen (secondary N) is 2. The summed E-state index contributed by atoms with van der Waals surface area (Å²) in [5.74, 6) is 0.121. The number of piperidine rings is 1. The average molecular weight is 253 g/mol. The molecule has 1 fully saturated rings. The first-order valence-electron chi connectivity index (χ1n) is 6.11. The Kier molecular flexibility index (Phi) is 4.12. The first-order chi connectivity index (χ1) is 8.16. The molecule has 1 aromatic rings. The Morgan fingerprint density at radius 3 is 2.94 bits per heavy atom. The van der Waals surface area contributed by atoms with E-state index in [-0.39, 0.29) is 11.9 Å². The van der Waals surface area contributed by atoms with Crippen LogP contribution in [0, 0.1) is 13.8 Å². The van der Waals surface area contributed by atoms with E-state index in [1.165, 1.54) is 6.42 Å². The minimum Gasteiger partial charge on any atom is -0.350 e. The Labute approximate surface area is 106 Å². The number of nitrogens with zero attached hydrogens (tertiary/aromatic N) is 1. The largest absolute Gasteiger partial charge is 0.350 e. The molecule has 0 radical (unpaired) electrons. The molecule has 1 amide bonds. The second-order valence-corrected chi connectivity index (χ2v) is 5.75. The lowest BCUT2D eigenvalue weighted by molar-refractivity contribution is -0.123. The van der Waals surface area contributed by atoms with Gasteiger partial charge in [-0.15, -0.1) is 11.3 Å². The standard InChI is InChI=1S/C12H19N3OS/c1-8-11(17-9(2)15-8)7-14-12(16)10-5-3-4-6-13-10/h10,13H,3-7H2,1-2H3,(H,14,16). The first-order valence-corrected chi connectivity index (χ1v) is 6.92. The van der Waals surface area contributed by atoms with Gasteiger partial charge in [0.25, 0.3) is 0 Å². The smallest absolute Gasteiger partial charge is 0.237 e. The van der Waals surface area contributed by atoms with E-state index in [4.69, 9.17) is 0 Å². The topological polar surface area (TPSA) is 54.0 Å². The highest BCUT2D eigenvalue weighted by Gasteiger charge is 2.20. The Hall–Kier alpha value is -0.940. The molecular formula is C12H19N3OS. The summed E-state index contributed by atoms with van der Waals surface area (Å²) in [6, 6.07) is -0.00178. The van der Waals surface area contributed by atoms with E-state index in [1.54, 1.807) is 11.3 Å². The second kappa shape index (κ2) is 5.60. The molecule has 0 bridgehead atoms. The summed E-state index contributed by atoms with van der Waals surface area (Å²) >= 11 is 1.66. The number of aromatic nitrogens is 1. The van der Waals surface area contributed by atoms with Gasteiger partial charge in [-0.1, -0.05) is 6.42 Å². The van der Waals surface area contributed by atoms with Gasteiger partial charge in [-0.25, -0.2) is 4.98 Å². The van der Waals surface area contributed by atoms with Crippen molar-refractivity contribution in [3.8, 4) is 0 Å². The molecule has 1 aliphatic rings. The van der Waals surface area contributed by atoms with Crippen LogP contribution in [-0.2, 0) is 11.3 Å². The molecule has 1 aliphatic heterocycles. The fourth-order valence-corrected chi connectivity index (χ4v) is 2.98. The lowest BCUT2D eigenvalue weighted by Crippen LogP contribution is -2.46. The molecule has 2 N–H and O–H groups in total. The highest BCUT2D eigenvalue weighted by Crippen LogP contribution is 2.16. The zero-order valence-corrected chi connectivity index (χ0v) is 11.2. The van der Waals surface area contributed by atoms with Crippen molar-refractivity contribution in [3.63, 3.8) is 0 Å². The molecule has 0 aliphatic carbocycles.